The molecule has 0 saturated carbocycles. The lowest BCUT2D eigenvalue weighted by Crippen LogP contribution is -2.42. The second kappa shape index (κ2) is 7.81. The van der Waals surface area contributed by atoms with Gasteiger partial charge in [-0.25, -0.2) is 4.98 Å². The van der Waals surface area contributed by atoms with E-state index in [0.717, 1.165) is 43.5 Å². The fraction of sp³-hybridized carbons (Fsp3) is 0.381. The number of pyridine rings is 2. The summed E-state index contributed by atoms with van der Waals surface area (Å²) < 4.78 is 13.6. The maximum absolute atomic E-state index is 12.8. The first-order chi connectivity index (χ1) is 14.3. The third kappa shape index (κ3) is 3.56. The number of morpholine rings is 2. The number of nitrogens with zero attached hydrogens (tertiary/aromatic N) is 5. The number of fused-ring (bicyclic) bond motifs is 1. The molecule has 3 aromatic heterocycles. The molecule has 0 aliphatic carbocycles. The zero-order chi connectivity index (χ0) is 19.6. The zero-order valence-electron chi connectivity index (χ0n) is 16.1. The predicted octanol–water partition coefficient (Wildman–Crippen LogP) is 1.78. The van der Waals surface area contributed by atoms with Gasteiger partial charge >= 0.3 is 0 Å². The van der Waals surface area contributed by atoms with Crippen molar-refractivity contribution in [3.05, 3.63) is 60.2 Å². The first-order valence-corrected chi connectivity index (χ1v) is 9.91. The monoisotopic (exact) mass is 393 g/mol. The van der Waals surface area contributed by atoms with E-state index in [1.54, 1.807) is 24.5 Å². The number of carbonyl (C=O) groups is 1. The molecule has 0 radical (unpaired) electrons. The van der Waals surface area contributed by atoms with Crippen LogP contribution >= 0.6 is 0 Å². The Morgan fingerprint density at radius 2 is 1.97 bits per heavy atom. The van der Waals surface area contributed by atoms with E-state index in [1.165, 1.54) is 0 Å². The van der Waals surface area contributed by atoms with Crippen LogP contribution in [0, 0.1) is 0 Å². The molecule has 1 amide bonds. The van der Waals surface area contributed by atoms with Gasteiger partial charge in [0, 0.05) is 38.2 Å². The Labute approximate surface area is 168 Å². The summed E-state index contributed by atoms with van der Waals surface area (Å²) in [6.07, 6.45) is 5.05. The molecule has 2 aliphatic rings. The highest BCUT2D eigenvalue weighted by atomic mass is 16.5. The predicted molar refractivity (Wildman–Crippen MR) is 107 cm³/mol. The van der Waals surface area contributed by atoms with E-state index in [9.17, 15) is 4.79 Å². The summed E-state index contributed by atoms with van der Waals surface area (Å²) in [5, 5.41) is 0. The summed E-state index contributed by atoms with van der Waals surface area (Å²) in [5.74, 6) is 1.08. The number of carbonyl (C=O) groups excluding carboxylic acids is 1. The minimum Gasteiger partial charge on any atom is -0.378 e. The molecule has 8 nitrogen and oxygen atoms in total. The molecule has 2 aliphatic heterocycles. The summed E-state index contributed by atoms with van der Waals surface area (Å²) in [7, 11) is 0. The van der Waals surface area contributed by atoms with Crippen LogP contribution in [0.3, 0.4) is 0 Å². The van der Waals surface area contributed by atoms with E-state index < -0.39 is 0 Å². The highest BCUT2D eigenvalue weighted by Gasteiger charge is 2.28. The quantitative estimate of drug-likeness (QED) is 0.676. The molecule has 3 aromatic rings. The Kier molecular flexibility index (Phi) is 4.87. The van der Waals surface area contributed by atoms with E-state index >= 15 is 0 Å². The Balaban J connectivity index is 1.39. The molecule has 150 valence electrons. The van der Waals surface area contributed by atoms with Gasteiger partial charge in [0.05, 0.1) is 37.6 Å². The number of aromatic nitrogens is 3. The van der Waals surface area contributed by atoms with Gasteiger partial charge in [-0.15, -0.1) is 0 Å². The number of ether oxygens (including phenoxy) is 2. The molecule has 29 heavy (non-hydrogen) atoms. The number of hydrogen-bond acceptors (Lipinski definition) is 6. The Morgan fingerprint density at radius 3 is 2.79 bits per heavy atom. The molecule has 5 heterocycles. The molecule has 0 aromatic carbocycles. The van der Waals surface area contributed by atoms with Crippen molar-refractivity contribution in [1.82, 2.24) is 19.3 Å². The van der Waals surface area contributed by atoms with Crippen LogP contribution in [0.1, 0.15) is 22.2 Å². The van der Waals surface area contributed by atoms with Gasteiger partial charge in [-0.2, -0.15) is 0 Å². The number of anilines is 1. The molecule has 0 unspecified atom stereocenters. The fourth-order valence-electron chi connectivity index (χ4n) is 3.90. The Hall–Kier alpha value is -2.97. The van der Waals surface area contributed by atoms with Gasteiger partial charge in [0.1, 0.15) is 17.6 Å². The van der Waals surface area contributed by atoms with E-state index in [1.807, 2.05) is 23.2 Å². The first-order valence-electron chi connectivity index (χ1n) is 9.91. The lowest BCUT2D eigenvalue weighted by atomic mass is 10.2. The van der Waals surface area contributed by atoms with E-state index in [0.29, 0.717) is 25.3 Å². The van der Waals surface area contributed by atoms with Gasteiger partial charge in [-0.05, 0) is 24.3 Å². The van der Waals surface area contributed by atoms with Gasteiger partial charge in [0.25, 0.3) is 5.91 Å². The molecular formula is C21H23N5O3. The van der Waals surface area contributed by atoms with Crippen molar-refractivity contribution in [3.8, 4) is 0 Å². The highest BCUT2D eigenvalue weighted by Crippen LogP contribution is 2.26. The van der Waals surface area contributed by atoms with Crippen LogP contribution in [-0.4, -0.2) is 71.2 Å². The van der Waals surface area contributed by atoms with Crippen molar-refractivity contribution in [2.24, 2.45) is 0 Å². The largest absolute Gasteiger partial charge is 0.378 e. The van der Waals surface area contributed by atoms with Crippen LogP contribution in [0.4, 0.5) is 5.82 Å². The molecule has 0 N–H and O–H groups in total. The molecule has 0 spiro atoms. The average Bonchev–Trinajstić information content (AvgIpc) is 3.24. The zero-order valence-corrected chi connectivity index (χ0v) is 16.1. The summed E-state index contributed by atoms with van der Waals surface area (Å²) >= 11 is 0. The van der Waals surface area contributed by atoms with E-state index in [-0.39, 0.29) is 12.0 Å². The van der Waals surface area contributed by atoms with Crippen LogP contribution in [0.5, 0.6) is 0 Å². The highest BCUT2D eigenvalue weighted by molar-refractivity contribution is 5.93. The summed E-state index contributed by atoms with van der Waals surface area (Å²) in [6, 6.07) is 9.69. The van der Waals surface area contributed by atoms with Crippen LogP contribution in [0.25, 0.3) is 5.65 Å². The number of hydrogen-bond donors (Lipinski definition) is 0. The van der Waals surface area contributed by atoms with Crippen molar-refractivity contribution in [2.75, 3.05) is 50.9 Å². The van der Waals surface area contributed by atoms with Gasteiger partial charge in [-0.1, -0.05) is 6.07 Å². The van der Waals surface area contributed by atoms with E-state index in [4.69, 9.17) is 14.5 Å². The van der Waals surface area contributed by atoms with Gasteiger partial charge < -0.3 is 19.3 Å². The fourth-order valence-corrected chi connectivity index (χ4v) is 3.90. The SMILES string of the molecule is O=C(c1cccnc1)N1CCO[C@@H](c2cn3c(N4CCOCC4)cccc3n2)C1. The summed E-state index contributed by atoms with van der Waals surface area (Å²) in [6.45, 7) is 4.71. The smallest absolute Gasteiger partial charge is 0.255 e. The van der Waals surface area contributed by atoms with Crippen LogP contribution < -0.4 is 4.90 Å². The Bertz CT molecular complexity index is 1000. The molecule has 1 atom stereocenters. The lowest BCUT2D eigenvalue weighted by Gasteiger charge is -2.32. The van der Waals surface area contributed by atoms with Crippen LogP contribution in [0.15, 0.2) is 48.9 Å². The van der Waals surface area contributed by atoms with Crippen molar-refractivity contribution in [2.45, 2.75) is 6.10 Å². The molecule has 2 saturated heterocycles. The number of amides is 1. The van der Waals surface area contributed by atoms with Crippen molar-refractivity contribution in [3.63, 3.8) is 0 Å². The van der Waals surface area contributed by atoms with Crippen LogP contribution in [-0.2, 0) is 9.47 Å². The van der Waals surface area contributed by atoms with Gasteiger partial charge in [0.15, 0.2) is 0 Å². The van der Waals surface area contributed by atoms with E-state index in [2.05, 4.69) is 20.4 Å². The second-order valence-electron chi connectivity index (χ2n) is 7.23. The second-order valence-corrected chi connectivity index (χ2v) is 7.23. The molecule has 2 fully saturated rings. The van der Waals surface area contributed by atoms with Crippen molar-refractivity contribution >= 4 is 17.4 Å². The summed E-state index contributed by atoms with van der Waals surface area (Å²) in [4.78, 5) is 25.8. The molecule has 0 bridgehead atoms. The topological polar surface area (TPSA) is 72.2 Å². The molecule has 8 heteroatoms. The minimum absolute atomic E-state index is 0.0239. The average molecular weight is 393 g/mol. The summed E-state index contributed by atoms with van der Waals surface area (Å²) in [5.41, 5.74) is 2.32. The third-order valence-electron chi connectivity index (χ3n) is 5.42. The first kappa shape index (κ1) is 18.1. The third-order valence-corrected chi connectivity index (χ3v) is 5.42. The maximum atomic E-state index is 12.8. The van der Waals surface area contributed by atoms with Gasteiger partial charge in [0.2, 0.25) is 0 Å². The van der Waals surface area contributed by atoms with Crippen molar-refractivity contribution in [1.29, 1.82) is 0 Å². The van der Waals surface area contributed by atoms with Gasteiger partial charge in [-0.3, -0.25) is 14.2 Å². The minimum atomic E-state index is -0.248. The number of rotatable bonds is 3. The number of imidazole rings is 1. The Morgan fingerprint density at radius 1 is 1.07 bits per heavy atom. The standard InChI is InChI=1S/C21H23N5O3/c27-21(16-3-2-6-22-13-16)25-9-12-29-18(15-25)17-14-26-19(23-17)4-1-5-20(26)24-7-10-28-11-8-24/h1-6,13-14,18H,7-12,15H2/t18-/m1/s1. The molecule has 5 rings (SSSR count). The molecular weight excluding hydrogens is 370 g/mol. The van der Waals surface area contributed by atoms with Crippen LogP contribution in [0.2, 0.25) is 0 Å². The maximum Gasteiger partial charge on any atom is 0.255 e. The normalized spacial score (nSPS) is 20.2. The lowest BCUT2D eigenvalue weighted by molar-refractivity contribution is -0.0245. The van der Waals surface area contributed by atoms with Crippen molar-refractivity contribution < 1.29 is 14.3 Å².